The molecular formula is C65H112O6. The number of ether oxygens (including phenoxy) is 3. The first-order chi connectivity index (χ1) is 35.0. The fraction of sp³-hybridized carbons (Fsp3) is 0.738. The molecule has 0 heterocycles. The highest BCUT2D eigenvalue weighted by Gasteiger charge is 2.19. The Morgan fingerprint density at radius 3 is 0.958 bits per heavy atom. The highest BCUT2D eigenvalue weighted by molar-refractivity contribution is 5.71. The molecule has 0 radical (unpaired) electrons. The quantitative estimate of drug-likeness (QED) is 0.0199. The zero-order chi connectivity index (χ0) is 51.4. The third kappa shape index (κ3) is 57.4. The summed E-state index contributed by atoms with van der Waals surface area (Å²) in [5.41, 5.74) is 0. The monoisotopic (exact) mass is 989 g/mol. The Labute approximate surface area is 439 Å². The van der Waals surface area contributed by atoms with E-state index >= 15 is 0 Å². The molecule has 0 rings (SSSR count). The molecule has 0 aliphatic carbocycles. The summed E-state index contributed by atoms with van der Waals surface area (Å²) in [5, 5.41) is 0. The van der Waals surface area contributed by atoms with Gasteiger partial charge in [0.2, 0.25) is 0 Å². The molecule has 0 N–H and O–H groups in total. The Balaban J connectivity index is 4.45. The van der Waals surface area contributed by atoms with E-state index in [1.165, 1.54) is 141 Å². The lowest BCUT2D eigenvalue weighted by atomic mass is 10.1. The van der Waals surface area contributed by atoms with Crippen molar-refractivity contribution in [2.75, 3.05) is 13.2 Å². The molecule has 71 heavy (non-hydrogen) atoms. The minimum atomic E-state index is -0.799. The third-order valence-electron chi connectivity index (χ3n) is 12.9. The van der Waals surface area contributed by atoms with Gasteiger partial charge in [0.1, 0.15) is 13.2 Å². The number of carbonyl (C=O) groups excluding carboxylic acids is 3. The van der Waals surface area contributed by atoms with E-state index in [1.807, 2.05) is 0 Å². The molecule has 0 saturated carbocycles. The number of allylic oxidation sites excluding steroid dienone is 14. The zero-order valence-corrected chi connectivity index (χ0v) is 46.7. The minimum absolute atomic E-state index is 0.0940. The van der Waals surface area contributed by atoms with Gasteiger partial charge in [-0.3, -0.25) is 14.4 Å². The van der Waals surface area contributed by atoms with Gasteiger partial charge in [0.05, 0.1) is 0 Å². The SMILES string of the molecule is CC/C=C\C/C=C\C/C=C\CCCCCCCCCCCC(=O)OCC(COC(=O)CCCCC/C=C\C=C/CCCCCCCCC)OC(=O)CCCCCCC/C=C\C=C/CCCCCCCCC. The molecule has 1 atom stereocenters. The first-order valence-electron chi connectivity index (χ1n) is 30.1. The van der Waals surface area contributed by atoms with Crippen LogP contribution in [-0.4, -0.2) is 37.2 Å². The number of unbranched alkanes of at least 4 members (excludes halogenated alkanes) is 31. The van der Waals surface area contributed by atoms with Crippen LogP contribution in [0.5, 0.6) is 0 Å². The van der Waals surface area contributed by atoms with Gasteiger partial charge >= 0.3 is 17.9 Å². The van der Waals surface area contributed by atoms with Crippen molar-refractivity contribution < 1.29 is 28.6 Å². The fourth-order valence-corrected chi connectivity index (χ4v) is 8.38. The van der Waals surface area contributed by atoms with Crippen molar-refractivity contribution in [1.29, 1.82) is 0 Å². The van der Waals surface area contributed by atoms with E-state index in [1.54, 1.807) is 0 Å². The van der Waals surface area contributed by atoms with Crippen LogP contribution in [0.4, 0.5) is 0 Å². The van der Waals surface area contributed by atoms with E-state index in [-0.39, 0.29) is 31.1 Å². The minimum Gasteiger partial charge on any atom is -0.462 e. The van der Waals surface area contributed by atoms with Crippen LogP contribution in [0.1, 0.15) is 290 Å². The highest BCUT2D eigenvalue weighted by Crippen LogP contribution is 2.15. The van der Waals surface area contributed by atoms with Gasteiger partial charge in [0.15, 0.2) is 6.10 Å². The number of hydrogen-bond donors (Lipinski definition) is 0. The molecule has 0 spiro atoms. The molecule has 0 aliphatic rings. The standard InChI is InChI=1S/C65H112O6/c1-4-7-10-13-16-19-22-25-28-31-33-35-37-40-43-46-49-52-55-58-64(67)70-61-62(60-69-63(66)57-54-51-48-45-42-39-36-30-27-24-21-18-15-12-9-6-3)71-65(68)59-56-53-50-47-44-41-38-34-32-29-26-23-20-17-14-11-8-5-2/h7,10,16,19,25,28-30,32,34,36,38-39,42,62H,4-6,8-9,11-15,17-18,20-24,26-27,31,33,35,37,40-41,43-61H2,1-3H3/b10-7-,19-16-,28-25-,32-29-,36-30-,38-34-,42-39-. The first-order valence-corrected chi connectivity index (χ1v) is 30.1. The summed E-state index contributed by atoms with van der Waals surface area (Å²) in [6.45, 7) is 6.50. The molecule has 0 fully saturated rings. The molecule has 0 aromatic heterocycles. The maximum Gasteiger partial charge on any atom is 0.306 e. The summed E-state index contributed by atoms with van der Waals surface area (Å²) >= 11 is 0. The maximum atomic E-state index is 12.9. The molecule has 408 valence electrons. The summed E-state index contributed by atoms with van der Waals surface area (Å²) in [4.78, 5) is 38.2. The molecule has 0 amide bonds. The van der Waals surface area contributed by atoms with Crippen LogP contribution in [-0.2, 0) is 28.6 Å². The second-order valence-electron chi connectivity index (χ2n) is 19.9. The van der Waals surface area contributed by atoms with Crippen molar-refractivity contribution in [2.24, 2.45) is 0 Å². The van der Waals surface area contributed by atoms with E-state index in [0.29, 0.717) is 19.3 Å². The average molecular weight is 990 g/mol. The second-order valence-corrected chi connectivity index (χ2v) is 19.9. The summed E-state index contributed by atoms with van der Waals surface area (Å²) in [7, 11) is 0. The Kier molecular flexibility index (Phi) is 56.3. The van der Waals surface area contributed by atoms with Crippen molar-refractivity contribution in [3.8, 4) is 0 Å². The van der Waals surface area contributed by atoms with E-state index in [0.717, 1.165) is 109 Å². The van der Waals surface area contributed by atoms with Crippen molar-refractivity contribution in [2.45, 2.75) is 297 Å². The van der Waals surface area contributed by atoms with E-state index in [4.69, 9.17) is 14.2 Å². The molecular weight excluding hydrogens is 877 g/mol. The maximum absolute atomic E-state index is 12.9. The Hall–Kier alpha value is -3.41. The van der Waals surface area contributed by atoms with Gasteiger partial charge in [-0.1, -0.05) is 254 Å². The van der Waals surface area contributed by atoms with Gasteiger partial charge in [-0.2, -0.15) is 0 Å². The van der Waals surface area contributed by atoms with Crippen LogP contribution >= 0.6 is 0 Å². The summed E-state index contributed by atoms with van der Waals surface area (Å²) in [6.07, 6.45) is 77.2. The molecule has 0 aliphatic heterocycles. The number of carbonyl (C=O) groups is 3. The molecule has 6 heteroatoms. The lowest BCUT2D eigenvalue weighted by Crippen LogP contribution is -2.30. The topological polar surface area (TPSA) is 78.9 Å². The predicted molar refractivity (Wildman–Crippen MR) is 307 cm³/mol. The lowest BCUT2D eigenvalue weighted by molar-refractivity contribution is -0.167. The normalized spacial score (nSPS) is 12.7. The van der Waals surface area contributed by atoms with Gasteiger partial charge in [-0.15, -0.1) is 0 Å². The third-order valence-corrected chi connectivity index (χ3v) is 12.9. The van der Waals surface area contributed by atoms with E-state index in [2.05, 4.69) is 106 Å². The molecule has 0 saturated heterocycles. The number of rotatable bonds is 54. The predicted octanol–water partition coefficient (Wildman–Crippen LogP) is 20.3. The van der Waals surface area contributed by atoms with Crippen molar-refractivity contribution in [3.05, 3.63) is 85.1 Å². The summed E-state index contributed by atoms with van der Waals surface area (Å²) in [6, 6.07) is 0. The van der Waals surface area contributed by atoms with Gasteiger partial charge in [0.25, 0.3) is 0 Å². The van der Waals surface area contributed by atoms with Gasteiger partial charge in [-0.05, 0) is 103 Å². The van der Waals surface area contributed by atoms with Gasteiger partial charge in [-0.25, -0.2) is 0 Å². The van der Waals surface area contributed by atoms with Crippen molar-refractivity contribution in [3.63, 3.8) is 0 Å². The smallest absolute Gasteiger partial charge is 0.306 e. The van der Waals surface area contributed by atoms with Crippen LogP contribution in [0.15, 0.2) is 85.1 Å². The molecule has 1 unspecified atom stereocenters. The van der Waals surface area contributed by atoms with Gasteiger partial charge < -0.3 is 14.2 Å². The first kappa shape index (κ1) is 67.6. The van der Waals surface area contributed by atoms with Crippen LogP contribution in [0.2, 0.25) is 0 Å². The fourth-order valence-electron chi connectivity index (χ4n) is 8.38. The number of esters is 3. The van der Waals surface area contributed by atoms with E-state index in [9.17, 15) is 14.4 Å². The summed E-state index contributed by atoms with van der Waals surface area (Å²) in [5.74, 6) is -0.933. The van der Waals surface area contributed by atoms with Crippen LogP contribution < -0.4 is 0 Å². The zero-order valence-electron chi connectivity index (χ0n) is 46.7. The highest BCUT2D eigenvalue weighted by atomic mass is 16.6. The largest absolute Gasteiger partial charge is 0.462 e. The second kappa shape index (κ2) is 59.2. The average Bonchev–Trinajstić information content (AvgIpc) is 3.37. The van der Waals surface area contributed by atoms with Crippen LogP contribution in [0.25, 0.3) is 0 Å². The Morgan fingerprint density at radius 1 is 0.310 bits per heavy atom. The molecule has 0 bridgehead atoms. The number of hydrogen-bond acceptors (Lipinski definition) is 6. The van der Waals surface area contributed by atoms with Gasteiger partial charge in [0, 0.05) is 19.3 Å². The lowest BCUT2D eigenvalue weighted by Gasteiger charge is -2.18. The van der Waals surface area contributed by atoms with Crippen LogP contribution in [0.3, 0.4) is 0 Å². The van der Waals surface area contributed by atoms with E-state index < -0.39 is 6.10 Å². The van der Waals surface area contributed by atoms with Crippen LogP contribution in [0, 0.1) is 0 Å². The Bertz CT molecular complexity index is 1370. The summed E-state index contributed by atoms with van der Waals surface area (Å²) < 4.78 is 16.9. The molecule has 6 nitrogen and oxygen atoms in total. The molecule has 0 aromatic rings. The Morgan fingerprint density at radius 2 is 0.592 bits per heavy atom. The van der Waals surface area contributed by atoms with Crippen molar-refractivity contribution >= 4 is 17.9 Å². The van der Waals surface area contributed by atoms with Crippen molar-refractivity contribution in [1.82, 2.24) is 0 Å². The molecule has 0 aromatic carbocycles.